The molecule has 1 atom stereocenters. The molecule has 2 N–H and O–H groups in total. The molecule has 0 radical (unpaired) electrons. The summed E-state index contributed by atoms with van der Waals surface area (Å²) in [5.74, 6) is 0. The van der Waals surface area contributed by atoms with Crippen LogP contribution in [0.15, 0.2) is 36.4 Å². The van der Waals surface area contributed by atoms with Crippen molar-refractivity contribution in [3.05, 3.63) is 59.0 Å². The molecule has 0 aliphatic heterocycles. The lowest BCUT2D eigenvalue weighted by Gasteiger charge is -2.15. The average Bonchev–Trinajstić information content (AvgIpc) is 2.75. The normalized spacial score (nSPS) is 12.8. The van der Waals surface area contributed by atoms with E-state index in [1.165, 1.54) is 0 Å². The van der Waals surface area contributed by atoms with Crippen molar-refractivity contribution in [2.45, 2.75) is 26.3 Å². The molecule has 21 heavy (non-hydrogen) atoms. The van der Waals surface area contributed by atoms with Crippen LogP contribution in [0.3, 0.4) is 0 Å². The zero-order chi connectivity index (χ0) is 15.0. The Kier molecular flexibility index (Phi) is 3.47. The van der Waals surface area contributed by atoms with E-state index in [9.17, 15) is 0 Å². The minimum atomic E-state index is -0.0635. The summed E-state index contributed by atoms with van der Waals surface area (Å²) in [7, 11) is 1.96. The van der Waals surface area contributed by atoms with Crippen LogP contribution >= 0.6 is 0 Å². The third-order valence-corrected chi connectivity index (χ3v) is 3.80. The Labute approximate surface area is 124 Å². The number of hydrogen-bond donors (Lipinski definition) is 1. The second kappa shape index (κ2) is 5.30. The number of benzene rings is 1. The van der Waals surface area contributed by atoms with Crippen molar-refractivity contribution in [1.82, 2.24) is 14.8 Å². The predicted molar refractivity (Wildman–Crippen MR) is 85.1 cm³/mol. The molecule has 0 bridgehead atoms. The molecule has 1 unspecified atom stereocenters. The van der Waals surface area contributed by atoms with Crippen LogP contribution < -0.4 is 5.73 Å². The standard InChI is InChI=1S/C17H20N4/c1-11-9-15(14-6-4-5-7-17(14)19-11)16(18)10-13-8-12(2)20-21(13)3/h4-9,16H,10,18H2,1-3H3. The lowest BCUT2D eigenvalue weighted by Crippen LogP contribution is -2.16. The first-order chi connectivity index (χ1) is 10.0. The zero-order valence-electron chi connectivity index (χ0n) is 12.7. The summed E-state index contributed by atoms with van der Waals surface area (Å²) in [6, 6.07) is 12.3. The Bertz CT molecular complexity index is 789. The third kappa shape index (κ3) is 2.67. The molecule has 2 heterocycles. The van der Waals surface area contributed by atoms with Gasteiger partial charge in [-0.25, -0.2) is 0 Å². The maximum absolute atomic E-state index is 6.47. The van der Waals surface area contributed by atoms with Gasteiger partial charge < -0.3 is 5.73 Å². The van der Waals surface area contributed by atoms with E-state index in [1.807, 2.05) is 43.8 Å². The van der Waals surface area contributed by atoms with E-state index >= 15 is 0 Å². The topological polar surface area (TPSA) is 56.7 Å². The minimum absolute atomic E-state index is 0.0635. The van der Waals surface area contributed by atoms with E-state index in [1.54, 1.807) is 0 Å². The van der Waals surface area contributed by atoms with Gasteiger partial charge in [0, 0.05) is 36.3 Å². The highest BCUT2D eigenvalue weighted by Crippen LogP contribution is 2.25. The number of para-hydroxylation sites is 1. The molecular formula is C17H20N4. The van der Waals surface area contributed by atoms with Gasteiger partial charge in [0.05, 0.1) is 11.2 Å². The van der Waals surface area contributed by atoms with Crippen LogP contribution in [-0.2, 0) is 13.5 Å². The van der Waals surface area contributed by atoms with E-state index in [0.717, 1.165) is 40.0 Å². The maximum atomic E-state index is 6.47. The second-order valence-electron chi connectivity index (χ2n) is 5.58. The molecule has 4 heteroatoms. The van der Waals surface area contributed by atoms with Gasteiger partial charge in [-0.15, -0.1) is 0 Å². The van der Waals surface area contributed by atoms with Gasteiger partial charge in [-0.1, -0.05) is 18.2 Å². The van der Waals surface area contributed by atoms with E-state index in [-0.39, 0.29) is 6.04 Å². The lowest BCUT2D eigenvalue weighted by molar-refractivity contribution is 0.641. The fraction of sp³-hybridized carbons (Fsp3) is 0.294. The molecule has 3 rings (SSSR count). The highest BCUT2D eigenvalue weighted by atomic mass is 15.3. The number of hydrogen-bond acceptors (Lipinski definition) is 3. The van der Waals surface area contributed by atoms with Gasteiger partial charge in [0.15, 0.2) is 0 Å². The average molecular weight is 280 g/mol. The number of nitrogens with zero attached hydrogens (tertiary/aromatic N) is 3. The molecule has 1 aromatic carbocycles. The second-order valence-corrected chi connectivity index (χ2v) is 5.58. The number of rotatable bonds is 3. The summed E-state index contributed by atoms with van der Waals surface area (Å²) in [5, 5.41) is 5.52. The summed E-state index contributed by atoms with van der Waals surface area (Å²) in [5.41, 5.74) is 11.8. The third-order valence-electron chi connectivity index (χ3n) is 3.80. The summed E-state index contributed by atoms with van der Waals surface area (Å²) >= 11 is 0. The zero-order valence-corrected chi connectivity index (χ0v) is 12.7. The van der Waals surface area contributed by atoms with Gasteiger partial charge in [0.2, 0.25) is 0 Å². The Hall–Kier alpha value is -2.20. The molecule has 108 valence electrons. The fourth-order valence-electron chi connectivity index (χ4n) is 2.84. The van der Waals surface area contributed by atoms with Crippen molar-refractivity contribution in [2.24, 2.45) is 12.8 Å². The summed E-state index contributed by atoms with van der Waals surface area (Å²) in [6.45, 7) is 4.01. The van der Waals surface area contributed by atoms with E-state index < -0.39 is 0 Å². The highest BCUT2D eigenvalue weighted by molar-refractivity contribution is 5.82. The molecule has 4 nitrogen and oxygen atoms in total. The number of fused-ring (bicyclic) bond motifs is 1. The SMILES string of the molecule is Cc1cc(C(N)Cc2cc(C)nn2C)c2ccccc2n1. The van der Waals surface area contributed by atoms with Crippen molar-refractivity contribution < 1.29 is 0 Å². The minimum Gasteiger partial charge on any atom is -0.324 e. The van der Waals surface area contributed by atoms with Crippen molar-refractivity contribution in [3.63, 3.8) is 0 Å². The van der Waals surface area contributed by atoms with Gasteiger partial charge in [-0.05, 0) is 37.6 Å². The van der Waals surface area contributed by atoms with Crippen molar-refractivity contribution >= 4 is 10.9 Å². The van der Waals surface area contributed by atoms with Crippen LogP contribution in [0, 0.1) is 13.8 Å². The number of nitrogens with two attached hydrogens (primary N) is 1. The van der Waals surface area contributed by atoms with Crippen LogP contribution in [0.4, 0.5) is 0 Å². The Morgan fingerprint density at radius 1 is 1.14 bits per heavy atom. The van der Waals surface area contributed by atoms with Gasteiger partial charge in [-0.3, -0.25) is 9.67 Å². The molecule has 0 saturated carbocycles. The van der Waals surface area contributed by atoms with Crippen LogP contribution in [0.25, 0.3) is 10.9 Å². The largest absolute Gasteiger partial charge is 0.324 e. The summed E-state index contributed by atoms with van der Waals surface area (Å²) in [6.07, 6.45) is 0.769. The fourth-order valence-corrected chi connectivity index (χ4v) is 2.84. The highest BCUT2D eigenvalue weighted by Gasteiger charge is 2.14. The Balaban J connectivity index is 2.01. The molecule has 0 spiro atoms. The van der Waals surface area contributed by atoms with Gasteiger partial charge in [0.25, 0.3) is 0 Å². The van der Waals surface area contributed by atoms with Crippen molar-refractivity contribution in [1.29, 1.82) is 0 Å². The molecule has 2 aromatic heterocycles. The number of aromatic nitrogens is 3. The molecule has 0 fully saturated rings. The Morgan fingerprint density at radius 2 is 1.90 bits per heavy atom. The lowest BCUT2D eigenvalue weighted by atomic mass is 9.98. The number of pyridine rings is 1. The first kappa shape index (κ1) is 13.8. The van der Waals surface area contributed by atoms with E-state index in [2.05, 4.69) is 28.3 Å². The first-order valence-electron chi connectivity index (χ1n) is 7.16. The van der Waals surface area contributed by atoms with Gasteiger partial charge >= 0.3 is 0 Å². The van der Waals surface area contributed by atoms with Crippen LogP contribution in [0.5, 0.6) is 0 Å². The monoisotopic (exact) mass is 280 g/mol. The van der Waals surface area contributed by atoms with E-state index in [4.69, 9.17) is 5.73 Å². The Morgan fingerprint density at radius 3 is 2.62 bits per heavy atom. The van der Waals surface area contributed by atoms with Crippen LogP contribution in [0.1, 0.15) is 28.7 Å². The smallest absolute Gasteiger partial charge is 0.0708 e. The van der Waals surface area contributed by atoms with Crippen LogP contribution in [0.2, 0.25) is 0 Å². The predicted octanol–water partition coefficient (Wildman–Crippen LogP) is 2.83. The molecule has 3 aromatic rings. The summed E-state index contributed by atoms with van der Waals surface area (Å²) < 4.78 is 1.91. The maximum Gasteiger partial charge on any atom is 0.0708 e. The quantitative estimate of drug-likeness (QED) is 0.802. The van der Waals surface area contributed by atoms with Crippen LogP contribution in [-0.4, -0.2) is 14.8 Å². The number of aryl methyl sites for hydroxylation is 3. The molecule has 0 aliphatic carbocycles. The summed E-state index contributed by atoms with van der Waals surface area (Å²) in [4.78, 5) is 4.57. The van der Waals surface area contributed by atoms with Crippen molar-refractivity contribution in [2.75, 3.05) is 0 Å². The first-order valence-corrected chi connectivity index (χ1v) is 7.16. The molecule has 0 saturated heterocycles. The van der Waals surface area contributed by atoms with Gasteiger partial charge in [-0.2, -0.15) is 5.10 Å². The molecule has 0 amide bonds. The van der Waals surface area contributed by atoms with Gasteiger partial charge in [0.1, 0.15) is 0 Å². The molecule has 0 aliphatic rings. The van der Waals surface area contributed by atoms with E-state index in [0.29, 0.717) is 0 Å². The molecular weight excluding hydrogens is 260 g/mol. The van der Waals surface area contributed by atoms with Crippen molar-refractivity contribution in [3.8, 4) is 0 Å².